The summed E-state index contributed by atoms with van der Waals surface area (Å²) >= 11 is 1.42. The lowest BCUT2D eigenvalue weighted by molar-refractivity contribution is -0.387. The number of nitro benzene ring substituents is 1. The number of aromatic nitrogens is 2. The molecule has 0 aliphatic heterocycles. The van der Waals surface area contributed by atoms with Gasteiger partial charge in [0.15, 0.2) is 5.16 Å². The summed E-state index contributed by atoms with van der Waals surface area (Å²) in [5, 5.41) is 11.3. The van der Waals surface area contributed by atoms with Crippen molar-refractivity contribution in [3.05, 3.63) is 64.0 Å². The fraction of sp³-hybridized carbons (Fsp3) is 0.0714. The van der Waals surface area contributed by atoms with Crippen LogP contribution in [0.15, 0.2) is 47.6 Å². The third-order valence-corrected chi connectivity index (χ3v) is 3.90. The predicted molar refractivity (Wildman–Crippen MR) is 78.7 cm³/mol. The van der Waals surface area contributed by atoms with Crippen LogP contribution < -0.4 is 0 Å². The lowest BCUT2D eigenvalue weighted by atomic mass is 10.2. The molecule has 0 saturated carbocycles. The molecule has 0 fully saturated rings. The quantitative estimate of drug-likeness (QED) is 0.451. The Balaban J connectivity index is 1.75. The second-order valence-corrected chi connectivity index (χ2v) is 5.35. The molecule has 0 amide bonds. The number of nitro groups is 1. The van der Waals surface area contributed by atoms with Gasteiger partial charge in [0.05, 0.1) is 16.0 Å². The molecule has 0 unspecified atom stereocenters. The summed E-state index contributed by atoms with van der Waals surface area (Å²) in [4.78, 5) is 17.4. The van der Waals surface area contributed by atoms with Crippen molar-refractivity contribution < 1.29 is 9.31 Å². The van der Waals surface area contributed by atoms with Crippen LogP contribution in [-0.4, -0.2) is 14.9 Å². The van der Waals surface area contributed by atoms with E-state index >= 15 is 0 Å². The molecule has 1 heterocycles. The third kappa shape index (κ3) is 2.87. The summed E-state index contributed by atoms with van der Waals surface area (Å²) in [6.07, 6.45) is 0. The Morgan fingerprint density at radius 1 is 1.29 bits per heavy atom. The second kappa shape index (κ2) is 5.53. The number of thioether (sulfide) groups is 1. The molecule has 0 bridgehead atoms. The van der Waals surface area contributed by atoms with E-state index in [1.165, 1.54) is 23.9 Å². The highest BCUT2D eigenvalue weighted by molar-refractivity contribution is 7.98. The van der Waals surface area contributed by atoms with Gasteiger partial charge in [0.2, 0.25) is 5.82 Å². The maximum absolute atomic E-state index is 13.5. The van der Waals surface area contributed by atoms with Gasteiger partial charge >= 0.3 is 5.69 Å². The molecule has 21 heavy (non-hydrogen) atoms. The van der Waals surface area contributed by atoms with E-state index in [1.807, 2.05) is 24.3 Å². The van der Waals surface area contributed by atoms with E-state index in [0.29, 0.717) is 11.3 Å². The number of benzene rings is 2. The van der Waals surface area contributed by atoms with Crippen LogP contribution in [0.3, 0.4) is 0 Å². The molecule has 2 aromatic carbocycles. The number of hydrogen-bond acceptors (Lipinski definition) is 4. The number of halogens is 1. The van der Waals surface area contributed by atoms with E-state index in [-0.39, 0.29) is 0 Å². The largest absolute Gasteiger partial charge is 0.333 e. The minimum absolute atomic E-state index is 0.481. The Labute approximate surface area is 123 Å². The number of fused-ring (bicyclic) bond motifs is 1. The minimum Gasteiger partial charge on any atom is -0.333 e. The van der Waals surface area contributed by atoms with Crippen molar-refractivity contribution in [2.24, 2.45) is 0 Å². The highest BCUT2D eigenvalue weighted by Crippen LogP contribution is 2.25. The Morgan fingerprint density at radius 3 is 2.81 bits per heavy atom. The van der Waals surface area contributed by atoms with E-state index < -0.39 is 16.4 Å². The smallest absolute Gasteiger partial charge is 0.304 e. The number of rotatable bonds is 4. The average Bonchev–Trinajstić information content (AvgIpc) is 2.87. The topological polar surface area (TPSA) is 71.8 Å². The number of para-hydroxylation sites is 2. The van der Waals surface area contributed by atoms with Crippen molar-refractivity contribution in [3.63, 3.8) is 0 Å². The molecule has 0 aliphatic rings. The minimum atomic E-state index is -0.817. The second-order valence-electron chi connectivity index (χ2n) is 4.39. The summed E-state index contributed by atoms with van der Waals surface area (Å²) in [6, 6.07) is 11.6. The van der Waals surface area contributed by atoms with E-state index in [2.05, 4.69) is 9.97 Å². The number of hydrogen-bond donors (Lipinski definition) is 1. The van der Waals surface area contributed by atoms with Gasteiger partial charge in [-0.05, 0) is 23.8 Å². The highest BCUT2D eigenvalue weighted by atomic mass is 32.2. The van der Waals surface area contributed by atoms with Crippen LogP contribution in [-0.2, 0) is 5.75 Å². The van der Waals surface area contributed by atoms with Gasteiger partial charge in [-0.3, -0.25) is 10.1 Å². The van der Waals surface area contributed by atoms with E-state index in [4.69, 9.17) is 0 Å². The van der Waals surface area contributed by atoms with Crippen molar-refractivity contribution in [1.29, 1.82) is 0 Å². The van der Waals surface area contributed by atoms with Crippen molar-refractivity contribution in [2.75, 3.05) is 0 Å². The number of aromatic amines is 1. The maximum Gasteiger partial charge on any atom is 0.304 e. The van der Waals surface area contributed by atoms with Crippen LogP contribution in [0.1, 0.15) is 5.56 Å². The third-order valence-electron chi connectivity index (χ3n) is 2.95. The first-order valence-electron chi connectivity index (χ1n) is 6.14. The van der Waals surface area contributed by atoms with Gasteiger partial charge in [-0.25, -0.2) is 4.98 Å². The van der Waals surface area contributed by atoms with Gasteiger partial charge in [0.25, 0.3) is 0 Å². The van der Waals surface area contributed by atoms with Crippen molar-refractivity contribution >= 4 is 28.5 Å². The molecule has 0 aliphatic carbocycles. The first-order valence-corrected chi connectivity index (χ1v) is 7.12. The predicted octanol–water partition coefficient (Wildman–Crippen LogP) is 3.90. The van der Waals surface area contributed by atoms with Crippen LogP contribution in [0.5, 0.6) is 0 Å². The summed E-state index contributed by atoms with van der Waals surface area (Å²) in [6.45, 7) is 0. The molecule has 5 nitrogen and oxygen atoms in total. The van der Waals surface area contributed by atoms with Crippen LogP contribution in [0.2, 0.25) is 0 Å². The van der Waals surface area contributed by atoms with E-state index in [0.717, 1.165) is 16.2 Å². The standard InChI is InChI=1S/C14H10FN3O2S/c15-10-7-9(5-6-13(10)18(19)20)8-21-14-16-11-3-1-2-4-12(11)17-14/h1-7H,8H2,(H,16,17). The van der Waals surface area contributed by atoms with E-state index in [9.17, 15) is 14.5 Å². The maximum atomic E-state index is 13.5. The SMILES string of the molecule is O=[N+]([O-])c1ccc(CSc2nc3ccccc3[nH]2)cc1F. The van der Waals surface area contributed by atoms with Crippen molar-refractivity contribution in [3.8, 4) is 0 Å². The fourth-order valence-electron chi connectivity index (χ4n) is 1.94. The zero-order valence-corrected chi connectivity index (χ0v) is 11.6. The molecule has 0 spiro atoms. The van der Waals surface area contributed by atoms with Crippen molar-refractivity contribution in [2.45, 2.75) is 10.9 Å². The molecule has 3 aromatic rings. The Morgan fingerprint density at radius 2 is 2.10 bits per heavy atom. The van der Waals surface area contributed by atoms with Gasteiger partial charge < -0.3 is 4.98 Å². The van der Waals surface area contributed by atoms with Crippen LogP contribution in [0.4, 0.5) is 10.1 Å². The number of nitrogens with one attached hydrogen (secondary N) is 1. The molecule has 3 rings (SSSR count). The number of imidazole rings is 1. The molecule has 0 saturated heterocycles. The Hall–Kier alpha value is -2.41. The summed E-state index contributed by atoms with van der Waals surface area (Å²) in [7, 11) is 0. The summed E-state index contributed by atoms with van der Waals surface area (Å²) in [5.41, 5.74) is 1.97. The molecule has 7 heteroatoms. The number of nitrogens with zero attached hydrogens (tertiary/aromatic N) is 2. The van der Waals surface area contributed by atoms with Gasteiger partial charge in [-0.15, -0.1) is 0 Å². The van der Waals surface area contributed by atoms with Crippen molar-refractivity contribution in [1.82, 2.24) is 9.97 Å². The normalized spacial score (nSPS) is 10.9. The van der Waals surface area contributed by atoms with Gasteiger partial charge in [-0.1, -0.05) is 30.0 Å². The lowest BCUT2D eigenvalue weighted by Gasteiger charge is -2.00. The molecule has 106 valence electrons. The number of H-pyrrole nitrogens is 1. The first-order chi connectivity index (χ1) is 10.1. The van der Waals surface area contributed by atoms with Gasteiger partial charge in [-0.2, -0.15) is 4.39 Å². The highest BCUT2D eigenvalue weighted by Gasteiger charge is 2.14. The van der Waals surface area contributed by atoms with Gasteiger partial charge in [0, 0.05) is 11.8 Å². The van der Waals surface area contributed by atoms with Crippen LogP contribution >= 0.6 is 11.8 Å². The fourth-order valence-corrected chi connectivity index (χ4v) is 2.77. The molecular weight excluding hydrogens is 293 g/mol. The zero-order valence-electron chi connectivity index (χ0n) is 10.7. The molecule has 0 radical (unpaired) electrons. The van der Waals surface area contributed by atoms with E-state index in [1.54, 1.807) is 6.07 Å². The molecule has 0 atom stereocenters. The first kappa shape index (κ1) is 13.6. The molecule has 1 aromatic heterocycles. The summed E-state index contributed by atoms with van der Waals surface area (Å²) in [5.74, 6) is -0.336. The monoisotopic (exact) mass is 303 g/mol. The molecular formula is C14H10FN3O2S. The van der Waals surface area contributed by atoms with Crippen LogP contribution in [0, 0.1) is 15.9 Å². The van der Waals surface area contributed by atoms with Crippen LogP contribution in [0.25, 0.3) is 11.0 Å². The lowest BCUT2D eigenvalue weighted by Crippen LogP contribution is -1.93. The zero-order chi connectivity index (χ0) is 14.8. The average molecular weight is 303 g/mol. The Bertz CT molecular complexity index is 786. The molecule has 1 N–H and O–H groups in total. The Kier molecular flexibility index (Phi) is 3.57. The van der Waals surface area contributed by atoms with Gasteiger partial charge in [0.1, 0.15) is 0 Å². The summed E-state index contributed by atoms with van der Waals surface area (Å²) < 4.78 is 13.5.